The average Bonchev–Trinajstić information content (AvgIpc) is 2.51. The predicted molar refractivity (Wildman–Crippen MR) is 129 cm³/mol. The number of rotatable bonds is 6. The molecule has 25 heavy (non-hydrogen) atoms. The molecule has 0 saturated heterocycles. The summed E-state index contributed by atoms with van der Waals surface area (Å²) in [5.41, 5.74) is 0. The van der Waals surface area contributed by atoms with Crippen LogP contribution in [-0.2, 0) is 37.9 Å². The Morgan fingerprint density at radius 1 is 0.520 bits per heavy atom. The summed E-state index contributed by atoms with van der Waals surface area (Å²) >= 11 is 28.5. The summed E-state index contributed by atoms with van der Waals surface area (Å²) in [5, 5.41) is 0. The van der Waals surface area contributed by atoms with Crippen LogP contribution < -0.4 is 0 Å². The summed E-state index contributed by atoms with van der Waals surface area (Å²) < 4.78 is 1.74. The van der Waals surface area contributed by atoms with E-state index in [1.807, 2.05) is 56.2 Å². The molecule has 0 saturated carbocycles. The van der Waals surface area contributed by atoms with Crippen LogP contribution in [0.4, 0.5) is 0 Å². The van der Waals surface area contributed by atoms with Crippen LogP contribution in [-0.4, -0.2) is 66.9 Å². The van der Waals surface area contributed by atoms with Gasteiger partial charge in [0.2, 0.25) is 0 Å². The van der Waals surface area contributed by atoms with Gasteiger partial charge in [-0.25, -0.2) is 0 Å². The number of thiocarbonyl (C=S) groups is 3. The number of hydrogen-bond acceptors (Lipinski definition) is 6. The summed E-state index contributed by atoms with van der Waals surface area (Å²) in [6.07, 6.45) is 0. The molecule has 0 spiro atoms. The van der Waals surface area contributed by atoms with E-state index >= 15 is 0 Å². The molecule has 0 N–H and O–H groups in total. The third-order valence-electron chi connectivity index (χ3n) is 3.06. The fraction of sp³-hybridized carbons (Fsp3) is 0.800. The number of nitrogens with zero attached hydrogens (tertiary/aromatic N) is 3. The van der Waals surface area contributed by atoms with E-state index in [2.05, 4.69) is 0 Å². The van der Waals surface area contributed by atoms with Crippen LogP contribution in [0.1, 0.15) is 41.5 Å². The maximum absolute atomic E-state index is 4.76. The van der Waals surface area contributed by atoms with Crippen molar-refractivity contribution in [2.24, 2.45) is 0 Å². The third-order valence-corrected chi connectivity index (χ3v) is 4.61. The summed E-state index contributed by atoms with van der Waals surface area (Å²) in [4.78, 5) is 5.89. The Labute approximate surface area is 221 Å². The normalized spacial score (nSPS) is 8.40. The van der Waals surface area contributed by atoms with Gasteiger partial charge < -0.3 is 89.2 Å². The van der Waals surface area contributed by atoms with Crippen LogP contribution in [0.2, 0.25) is 0 Å². The minimum atomic E-state index is 0. The van der Waals surface area contributed by atoms with Gasteiger partial charge in [-0.2, -0.15) is 0 Å². The Balaban J connectivity index is -0.000000130. The molecule has 0 amide bonds. The Hall–Kier alpha value is 1.68. The molecule has 0 aromatic carbocycles. The minimum Gasteiger partial charge on any atom is -0.411 e. The first kappa shape index (κ1) is 34.2. The second-order valence-electron chi connectivity index (χ2n) is 4.31. The van der Waals surface area contributed by atoms with Crippen molar-refractivity contribution in [1.29, 1.82) is 0 Å². The van der Waals surface area contributed by atoms with Crippen molar-refractivity contribution in [3.05, 3.63) is 0 Å². The van der Waals surface area contributed by atoms with Crippen LogP contribution in [0.15, 0.2) is 0 Å². The molecule has 0 aliphatic carbocycles. The molecule has 0 aromatic heterocycles. The van der Waals surface area contributed by atoms with Crippen LogP contribution in [0.25, 0.3) is 0 Å². The van der Waals surface area contributed by atoms with E-state index in [-0.39, 0.29) is 40.8 Å². The van der Waals surface area contributed by atoms with Gasteiger partial charge in [-0.1, -0.05) is 13.0 Å². The molecule has 145 valence electrons. The standard InChI is InChI=1S/3C5H11NS2.Nd/c3*1-3-6(4-2)5(7)8;/h3*3-4H2,1-2H3,(H,7,8);/q;;;+3/p-3. The monoisotopic (exact) mass is 586 g/mol. The Morgan fingerprint density at radius 3 is 0.640 bits per heavy atom. The van der Waals surface area contributed by atoms with Gasteiger partial charge in [0.05, 0.1) is 0 Å². The van der Waals surface area contributed by atoms with Crippen LogP contribution in [0.5, 0.6) is 0 Å². The van der Waals surface area contributed by atoms with Gasteiger partial charge in [0.1, 0.15) is 0 Å². The zero-order valence-electron chi connectivity index (χ0n) is 16.0. The van der Waals surface area contributed by atoms with Gasteiger partial charge in [-0.05, 0) is 41.5 Å². The van der Waals surface area contributed by atoms with Gasteiger partial charge in [-0.15, -0.1) is 0 Å². The molecule has 0 unspecified atom stereocenters. The van der Waals surface area contributed by atoms with Crippen molar-refractivity contribution >= 4 is 87.5 Å². The molecular weight excluding hydrogens is 559 g/mol. The first-order valence-corrected chi connectivity index (χ1v) is 10.5. The van der Waals surface area contributed by atoms with Gasteiger partial charge in [0.25, 0.3) is 0 Å². The molecule has 0 fully saturated rings. The molecule has 0 heterocycles. The predicted octanol–water partition coefficient (Wildman–Crippen LogP) is 3.48. The number of hydrogen-bond donors (Lipinski definition) is 0. The SMILES string of the molecule is CCN(CC)C(=S)[S-].CCN(CC)C(=S)[S-].CCN(CC)C(=S)[S-].[Nd+3]. The second kappa shape index (κ2) is 23.7. The molecule has 0 bridgehead atoms. The molecule has 1 radical (unpaired) electrons. The van der Waals surface area contributed by atoms with Gasteiger partial charge in [0, 0.05) is 39.3 Å². The maximum Gasteiger partial charge on any atom is 3.00 e. The van der Waals surface area contributed by atoms with E-state index in [9.17, 15) is 0 Å². The Bertz CT molecular complexity index is 294. The van der Waals surface area contributed by atoms with E-state index in [1.54, 1.807) is 0 Å². The fourth-order valence-electron chi connectivity index (χ4n) is 1.45. The fourth-order valence-corrected chi connectivity index (χ4v) is 2.99. The van der Waals surface area contributed by atoms with Crippen LogP contribution in [0, 0.1) is 40.8 Å². The second-order valence-corrected chi connectivity index (χ2v) is 7.41. The van der Waals surface area contributed by atoms with E-state index in [1.165, 1.54) is 0 Å². The molecule has 10 heteroatoms. The summed E-state index contributed by atoms with van der Waals surface area (Å²) in [6.45, 7) is 17.8. The van der Waals surface area contributed by atoms with E-state index in [0.29, 0.717) is 13.0 Å². The van der Waals surface area contributed by atoms with Crippen molar-refractivity contribution in [2.45, 2.75) is 41.5 Å². The first-order chi connectivity index (χ1) is 11.2. The van der Waals surface area contributed by atoms with Crippen molar-refractivity contribution in [3.63, 3.8) is 0 Å². The van der Waals surface area contributed by atoms with Crippen molar-refractivity contribution in [1.82, 2.24) is 14.7 Å². The topological polar surface area (TPSA) is 9.72 Å². The molecule has 0 rings (SSSR count). The quantitative estimate of drug-likeness (QED) is 0.338. The van der Waals surface area contributed by atoms with Crippen molar-refractivity contribution in [3.8, 4) is 0 Å². The van der Waals surface area contributed by atoms with E-state index in [4.69, 9.17) is 74.5 Å². The Morgan fingerprint density at radius 2 is 0.640 bits per heavy atom. The van der Waals surface area contributed by atoms with Crippen molar-refractivity contribution in [2.75, 3.05) is 39.3 Å². The summed E-state index contributed by atoms with van der Waals surface area (Å²) in [7, 11) is 0. The summed E-state index contributed by atoms with van der Waals surface area (Å²) in [6, 6.07) is 0. The zero-order valence-corrected chi connectivity index (χ0v) is 24.1. The van der Waals surface area contributed by atoms with Gasteiger partial charge in [-0.3, -0.25) is 0 Å². The van der Waals surface area contributed by atoms with Crippen molar-refractivity contribution < 1.29 is 40.8 Å². The minimum absolute atomic E-state index is 0. The molecule has 0 atom stereocenters. The summed E-state index contributed by atoms with van der Waals surface area (Å²) in [5.74, 6) is 0. The maximum atomic E-state index is 4.76. The van der Waals surface area contributed by atoms with E-state index < -0.39 is 0 Å². The van der Waals surface area contributed by atoms with E-state index in [0.717, 1.165) is 39.3 Å². The zero-order chi connectivity index (χ0) is 19.7. The molecule has 3 nitrogen and oxygen atoms in total. The van der Waals surface area contributed by atoms with Gasteiger partial charge >= 0.3 is 40.8 Å². The van der Waals surface area contributed by atoms with Gasteiger partial charge in [0.15, 0.2) is 0 Å². The first-order valence-electron chi connectivity index (χ1n) is 8.04. The molecule has 0 aliphatic rings. The molecule has 0 aromatic rings. The average molecular weight is 589 g/mol. The molecule has 0 aliphatic heterocycles. The Kier molecular flexibility index (Phi) is 32.5. The smallest absolute Gasteiger partial charge is 0.411 e. The third kappa shape index (κ3) is 21.8. The molecular formula is C15H30N3NdS6. The van der Waals surface area contributed by atoms with Crippen LogP contribution in [0.3, 0.4) is 0 Å². The van der Waals surface area contributed by atoms with Crippen LogP contribution >= 0.6 is 36.7 Å². The largest absolute Gasteiger partial charge is 3.00 e.